The smallest absolute Gasteiger partial charge is 0.171 e. The highest BCUT2D eigenvalue weighted by Gasteiger charge is 2.44. The predicted octanol–water partition coefficient (Wildman–Crippen LogP) is 8.12. The summed E-state index contributed by atoms with van der Waals surface area (Å²) in [5, 5.41) is 86.4. The minimum absolute atomic E-state index is 0.0609. The molecule has 5 unspecified atom stereocenters. The maximum atomic E-state index is 14.8. The van der Waals surface area contributed by atoms with Gasteiger partial charge in [0.25, 0.3) is 0 Å². The molecule has 1 aliphatic heterocycles. The molecule has 10 heteroatoms. The molecule has 0 aromatic heterocycles. The molecular formula is C42H42O10. The number of hydrogen-bond donors (Lipinski definition) is 8. The van der Waals surface area contributed by atoms with Crippen molar-refractivity contribution >= 4 is 17.9 Å². The molecule has 270 valence electrons. The van der Waals surface area contributed by atoms with Gasteiger partial charge in [0.2, 0.25) is 0 Å². The summed E-state index contributed by atoms with van der Waals surface area (Å²) in [6.07, 6.45) is 8.30. The number of rotatable bonds is 9. The first-order valence-electron chi connectivity index (χ1n) is 17.1. The van der Waals surface area contributed by atoms with E-state index >= 15 is 0 Å². The van der Waals surface area contributed by atoms with Crippen molar-refractivity contribution < 1.29 is 50.4 Å². The minimum atomic E-state index is -1.10. The Morgan fingerprint density at radius 3 is 2.10 bits per heavy atom. The van der Waals surface area contributed by atoms with Gasteiger partial charge in [0.15, 0.2) is 5.78 Å². The summed E-state index contributed by atoms with van der Waals surface area (Å²) in [5.41, 5.74) is 2.04. The van der Waals surface area contributed by atoms with Crippen LogP contribution in [-0.2, 0) is 4.74 Å². The van der Waals surface area contributed by atoms with Crippen LogP contribution in [0.4, 0.5) is 0 Å². The van der Waals surface area contributed by atoms with Crippen LogP contribution in [0.25, 0.3) is 12.2 Å². The minimum Gasteiger partial charge on any atom is -0.508 e. The van der Waals surface area contributed by atoms with E-state index in [2.05, 4.69) is 0 Å². The Morgan fingerprint density at radius 2 is 1.44 bits per heavy atom. The van der Waals surface area contributed by atoms with Gasteiger partial charge in [0, 0.05) is 52.5 Å². The fourth-order valence-corrected chi connectivity index (χ4v) is 7.24. The molecule has 8 N–H and O–H groups in total. The lowest BCUT2D eigenvalue weighted by atomic mass is 9.65. The first-order valence-corrected chi connectivity index (χ1v) is 17.1. The van der Waals surface area contributed by atoms with Crippen LogP contribution in [0, 0.1) is 17.8 Å². The molecule has 1 saturated heterocycles. The van der Waals surface area contributed by atoms with Gasteiger partial charge in [-0.05, 0) is 67.3 Å². The Labute approximate surface area is 301 Å². The van der Waals surface area contributed by atoms with Gasteiger partial charge in [-0.1, -0.05) is 55.9 Å². The zero-order valence-corrected chi connectivity index (χ0v) is 28.9. The Hall–Kier alpha value is -5.87. The lowest BCUT2D eigenvalue weighted by molar-refractivity contribution is -0.0963. The van der Waals surface area contributed by atoms with Crippen molar-refractivity contribution in [2.24, 2.45) is 17.8 Å². The van der Waals surface area contributed by atoms with E-state index in [1.807, 2.05) is 26.8 Å². The Bertz CT molecular complexity index is 2110. The Kier molecular flexibility index (Phi) is 9.95. The van der Waals surface area contributed by atoms with Crippen molar-refractivity contribution in [3.8, 4) is 46.0 Å². The van der Waals surface area contributed by atoms with E-state index in [9.17, 15) is 45.6 Å². The number of ether oxygens (including phenoxy) is 1. The Morgan fingerprint density at radius 1 is 0.769 bits per heavy atom. The number of hydrogen-bond acceptors (Lipinski definition) is 10. The molecule has 1 aliphatic carbocycles. The third kappa shape index (κ3) is 6.89. The van der Waals surface area contributed by atoms with Crippen LogP contribution < -0.4 is 0 Å². The number of phenols is 8. The van der Waals surface area contributed by atoms with Gasteiger partial charge in [-0.3, -0.25) is 4.79 Å². The van der Waals surface area contributed by atoms with Crippen molar-refractivity contribution in [2.75, 3.05) is 6.61 Å². The van der Waals surface area contributed by atoms with Gasteiger partial charge >= 0.3 is 0 Å². The summed E-state index contributed by atoms with van der Waals surface area (Å²) in [6, 6.07) is 14.0. The molecule has 5 atom stereocenters. The van der Waals surface area contributed by atoms with Crippen LogP contribution in [0.3, 0.4) is 0 Å². The molecule has 0 amide bonds. The summed E-state index contributed by atoms with van der Waals surface area (Å²) in [6.45, 7) is 6.01. The molecule has 52 heavy (non-hydrogen) atoms. The molecule has 4 aromatic carbocycles. The third-order valence-electron chi connectivity index (χ3n) is 9.91. The second kappa shape index (κ2) is 14.4. The molecule has 0 bridgehead atoms. The standard InChI is InChI=1S/C42H42O10/c1-21(2)4-10-28-33(45)14-12-29(39(28)49)40(50)37-31(27-11-9-26(44)19-36(27)48)16-22(3)17-32(37)38-34(46)15-13-30(41(38)51)42-24(20-52-42)6-5-23-7-8-25(43)18-35(23)47/h4-15,17-19,21,24,31-32,37,42-49,51H,16,20H2,1-3H3/b6-5+,10-4+. The second-order valence-corrected chi connectivity index (χ2v) is 13.9. The van der Waals surface area contributed by atoms with Gasteiger partial charge < -0.3 is 45.6 Å². The molecule has 4 aromatic rings. The number of carbonyl (C=O) groups is 1. The molecule has 0 saturated carbocycles. The van der Waals surface area contributed by atoms with Crippen molar-refractivity contribution in [2.45, 2.75) is 45.1 Å². The molecule has 2 aliphatic rings. The van der Waals surface area contributed by atoms with Crippen molar-refractivity contribution in [3.63, 3.8) is 0 Å². The molecular weight excluding hydrogens is 664 g/mol. The van der Waals surface area contributed by atoms with E-state index in [0.717, 1.165) is 5.57 Å². The number of aromatic hydroxyl groups is 8. The topological polar surface area (TPSA) is 188 Å². The van der Waals surface area contributed by atoms with Gasteiger partial charge in [0.05, 0.1) is 23.8 Å². The fourth-order valence-electron chi connectivity index (χ4n) is 7.24. The van der Waals surface area contributed by atoms with Crippen LogP contribution in [0.2, 0.25) is 0 Å². The zero-order valence-electron chi connectivity index (χ0n) is 28.9. The average molecular weight is 707 g/mol. The second-order valence-electron chi connectivity index (χ2n) is 13.9. The molecule has 1 heterocycles. The van der Waals surface area contributed by atoms with Crippen molar-refractivity contribution in [1.82, 2.24) is 0 Å². The van der Waals surface area contributed by atoms with Gasteiger partial charge in [-0.15, -0.1) is 0 Å². The molecule has 6 rings (SSSR count). The van der Waals surface area contributed by atoms with E-state index in [1.54, 1.807) is 36.4 Å². The highest BCUT2D eigenvalue weighted by molar-refractivity contribution is 6.03. The van der Waals surface area contributed by atoms with Crippen molar-refractivity contribution in [3.05, 3.63) is 118 Å². The quantitative estimate of drug-likeness (QED) is 0.0624. The van der Waals surface area contributed by atoms with Gasteiger partial charge in [-0.25, -0.2) is 0 Å². The number of ketones is 1. The summed E-state index contributed by atoms with van der Waals surface area (Å²) in [7, 11) is 0. The van der Waals surface area contributed by atoms with Gasteiger partial charge in [0.1, 0.15) is 46.0 Å². The monoisotopic (exact) mass is 706 g/mol. The van der Waals surface area contributed by atoms with E-state index in [1.165, 1.54) is 48.5 Å². The van der Waals surface area contributed by atoms with E-state index < -0.39 is 35.4 Å². The number of phenolic OH excluding ortho intramolecular Hbond substituents is 8. The lowest BCUT2D eigenvalue weighted by Crippen LogP contribution is -2.33. The molecule has 10 nitrogen and oxygen atoms in total. The normalized spacial score (nSPS) is 21.8. The largest absolute Gasteiger partial charge is 0.508 e. The molecule has 0 spiro atoms. The van der Waals surface area contributed by atoms with Crippen LogP contribution >= 0.6 is 0 Å². The number of benzene rings is 4. The third-order valence-corrected chi connectivity index (χ3v) is 9.91. The van der Waals surface area contributed by atoms with Crippen LogP contribution in [0.1, 0.15) is 83.3 Å². The average Bonchev–Trinajstić information content (AvgIpc) is 3.06. The van der Waals surface area contributed by atoms with Crippen LogP contribution in [-0.4, -0.2) is 53.2 Å². The first kappa shape index (κ1) is 35.9. The van der Waals surface area contributed by atoms with E-state index in [-0.39, 0.29) is 68.8 Å². The number of allylic oxidation sites excluding steroid dienone is 3. The maximum Gasteiger partial charge on any atom is 0.171 e. The van der Waals surface area contributed by atoms with Gasteiger partial charge in [-0.2, -0.15) is 0 Å². The summed E-state index contributed by atoms with van der Waals surface area (Å²) in [4.78, 5) is 14.8. The maximum absolute atomic E-state index is 14.8. The van der Waals surface area contributed by atoms with Crippen molar-refractivity contribution in [1.29, 1.82) is 0 Å². The Balaban J connectivity index is 1.46. The molecule has 0 radical (unpaired) electrons. The van der Waals surface area contributed by atoms with Crippen LogP contribution in [0.15, 0.2) is 84.5 Å². The summed E-state index contributed by atoms with van der Waals surface area (Å²) >= 11 is 0. The SMILES string of the molecule is CC1=CC(c2c(O)ccc(C3OCC3/C=C/c3ccc(O)cc3O)c2O)C(C(=O)c2ccc(O)c(/C=C/C(C)C)c2O)C(c2ccc(O)cc2O)C1. The van der Waals surface area contributed by atoms with E-state index in [0.29, 0.717) is 29.7 Å². The lowest BCUT2D eigenvalue weighted by Gasteiger charge is -2.39. The van der Waals surface area contributed by atoms with Crippen LogP contribution in [0.5, 0.6) is 46.0 Å². The summed E-state index contributed by atoms with van der Waals surface area (Å²) < 4.78 is 5.89. The predicted molar refractivity (Wildman–Crippen MR) is 196 cm³/mol. The molecule has 1 fully saturated rings. The zero-order chi connectivity index (χ0) is 37.4. The number of carbonyl (C=O) groups excluding carboxylic acids is 1. The number of Topliss-reactive ketones (excluding diaryl/α,β-unsaturated/α-hetero) is 1. The fraction of sp³-hybridized carbons (Fsp3) is 0.262. The first-order chi connectivity index (χ1) is 24.7. The summed E-state index contributed by atoms with van der Waals surface area (Å²) in [5.74, 6) is -5.30. The van der Waals surface area contributed by atoms with E-state index in [4.69, 9.17) is 4.74 Å². The highest BCUT2D eigenvalue weighted by atomic mass is 16.5. The highest BCUT2D eigenvalue weighted by Crippen LogP contribution is 2.55.